The molecule has 1 atom stereocenters. The number of hydrogen-bond acceptors (Lipinski definition) is 3. The molecule has 0 spiro atoms. The highest BCUT2D eigenvalue weighted by Crippen LogP contribution is 2.25. The van der Waals surface area contributed by atoms with Crippen molar-refractivity contribution in [3.63, 3.8) is 0 Å². The lowest BCUT2D eigenvalue weighted by Gasteiger charge is -2.32. The Balaban J connectivity index is 1.87. The van der Waals surface area contributed by atoms with Crippen LogP contribution >= 0.6 is 35.0 Å². The summed E-state index contributed by atoms with van der Waals surface area (Å²) >= 11 is 13.9. The van der Waals surface area contributed by atoms with E-state index in [2.05, 4.69) is 12.2 Å². The SMILES string of the molecule is CCCCNC(=O)[C@@H](Cc1ccccc1)N(Cc1ccc(Cl)cc1Cl)C(=O)CSCc1ccccc1F. The molecule has 8 heteroatoms. The normalized spacial score (nSPS) is 11.7. The van der Waals surface area contributed by atoms with Crippen molar-refractivity contribution in [3.05, 3.63) is 105 Å². The number of carbonyl (C=O) groups excluding carboxylic acids is 2. The predicted molar refractivity (Wildman–Crippen MR) is 151 cm³/mol. The van der Waals surface area contributed by atoms with Gasteiger partial charge >= 0.3 is 0 Å². The summed E-state index contributed by atoms with van der Waals surface area (Å²) in [5.74, 6) is -0.300. The number of rotatable bonds is 13. The maximum absolute atomic E-state index is 14.1. The van der Waals surface area contributed by atoms with Crippen molar-refractivity contribution in [1.29, 1.82) is 0 Å². The van der Waals surface area contributed by atoms with Gasteiger partial charge < -0.3 is 10.2 Å². The van der Waals surface area contributed by atoms with Gasteiger partial charge in [0.05, 0.1) is 5.75 Å². The molecule has 4 nitrogen and oxygen atoms in total. The fourth-order valence-electron chi connectivity index (χ4n) is 3.84. The molecule has 37 heavy (non-hydrogen) atoms. The van der Waals surface area contributed by atoms with Crippen molar-refractivity contribution in [2.24, 2.45) is 0 Å². The van der Waals surface area contributed by atoms with Crippen LogP contribution < -0.4 is 5.32 Å². The topological polar surface area (TPSA) is 49.4 Å². The molecule has 0 fully saturated rings. The highest BCUT2D eigenvalue weighted by molar-refractivity contribution is 7.99. The molecule has 2 amide bonds. The summed E-state index contributed by atoms with van der Waals surface area (Å²) in [7, 11) is 0. The van der Waals surface area contributed by atoms with Crippen LogP contribution in [0.5, 0.6) is 0 Å². The molecule has 0 aliphatic heterocycles. The molecule has 0 unspecified atom stereocenters. The molecule has 0 heterocycles. The zero-order valence-electron chi connectivity index (χ0n) is 20.8. The molecule has 3 aromatic rings. The van der Waals surface area contributed by atoms with Crippen molar-refractivity contribution in [1.82, 2.24) is 10.2 Å². The lowest BCUT2D eigenvalue weighted by Crippen LogP contribution is -2.51. The number of nitrogens with one attached hydrogen (secondary N) is 1. The third kappa shape index (κ3) is 9.06. The van der Waals surface area contributed by atoms with Gasteiger partial charge in [0.1, 0.15) is 11.9 Å². The van der Waals surface area contributed by atoms with Crippen molar-refractivity contribution in [2.75, 3.05) is 12.3 Å². The fraction of sp³-hybridized carbons (Fsp3) is 0.310. The molecule has 1 N–H and O–H groups in total. The average Bonchev–Trinajstić information content (AvgIpc) is 2.89. The molecule has 0 aromatic heterocycles. The van der Waals surface area contributed by atoms with E-state index in [-0.39, 0.29) is 29.9 Å². The van der Waals surface area contributed by atoms with Gasteiger partial charge in [0, 0.05) is 35.3 Å². The molecule has 3 rings (SSSR count). The Morgan fingerprint density at radius 1 is 1.00 bits per heavy atom. The average molecular weight is 562 g/mol. The van der Waals surface area contributed by atoms with Crippen LogP contribution in [0.1, 0.15) is 36.5 Å². The van der Waals surface area contributed by atoms with E-state index in [1.54, 1.807) is 41.3 Å². The smallest absolute Gasteiger partial charge is 0.243 e. The predicted octanol–water partition coefficient (Wildman–Crippen LogP) is 6.92. The first-order valence-electron chi connectivity index (χ1n) is 12.2. The molecule has 0 aliphatic rings. The van der Waals surface area contributed by atoms with Crippen LogP contribution in [-0.4, -0.2) is 35.1 Å². The largest absolute Gasteiger partial charge is 0.354 e. The maximum atomic E-state index is 14.1. The molecule has 0 radical (unpaired) electrons. The quantitative estimate of drug-likeness (QED) is 0.231. The minimum atomic E-state index is -0.743. The number of unbranched alkanes of at least 4 members (excludes halogenated alkanes) is 1. The van der Waals surface area contributed by atoms with Crippen LogP contribution in [0.25, 0.3) is 0 Å². The molecule has 0 aliphatic carbocycles. The Morgan fingerprint density at radius 2 is 1.73 bits per heavy atom. The first kappa shape index (κ1) is 29.0. The second-order valence-electron chi connectivity index (χ2n) is 8.69. The van der Waals surface area contributed by atoms with Gasteiger partial charge in [0.25, 0.3) is 0 Å². The first-order chi connectivity index (χ1) is 17.9. The zero-order valence-corrected chi connectivity index (χ0v) is 23.1. The molecular weight excluding hydrogens is 530 g/mol. The molecule has 0 bridgehead atoms. The number of carbonyl (C=O) groups is 2. The Bertz CT molecular complexity index is 1180. The van der Waals surface area contributed by atoms with E-state index in [0.29, 0.717) is 39.9 Å². The van der Waals surface area contributed by atoms with E-state index < -0.39 is 6.04 Å². The van der Waals surface area contributed by atoms with Crippen molar-refractivity contribution < 1.29 is 14.0 Å². The Hall–Kier alpha value is -2.54. The summed E-state index contributed by atoms with van der Waals surface area (Å²) in [4.78, 5) is 28.6. The van der Waals surface area contributed by atoms with E-state index in [4.69, 9.17) is 23.2 Å². The summed E-state index contributed by atoms with van der Waals surface area (Å²) in [5, 5.41) is 3.91. The Kier molecular flexibility index (Phi) is 11.8. The van der Waals surface area contributed by atoms with Gasteiger partial charge in [-0.05, 0) is 41.3 Å². The minimum absolute atomic E-state index is 0.0903. The van der Waals surface area contributed by atoms with E-state index in [9.17, 15) is 14.0 Å². The second-order valence-corrected chi connectivity index (χ2v) is 10.5. The fourth-order valence-corrected chi connectivity index (χ4v) is 5.21. The van der Waals surface area contributed by atoms with Crippen LogP contribution in [0.4, 0.5) is 4.39 Å². The summed E-state index contributed by atoms with van der Waals surface area (Å²) in [6.45, 7) is 2.74. The van der Waals surface area contributed by atoms with Gasteiger partial charge in [0.15, 0.2) is 0 Å². The van der Waals surface area contributed by atoms with Gasteiger partial charge in [-0.2, -0.15) is 0 Å². The van der Waals surface area contributed by atoms with Crippen LogP contribution in [-0.2, 0) is 28.3 Å². The van der Waals surface area contributed by atoms with Gasteiger partial charge in [-0.3, -0.25) is 9.59 Å². The van der Waals surface area contributed by atoms with Gasteiger partial charge in [-0.1, -0.05) is 91.1 Å². The molecule has 0 saturated carbocycles. The zero-order chi connectivity index (χ0) is 26.6. The summed E-state index contributed by atoms with van der Waals surface area (Å²) in [5.41, 5.74) is 2.17. The Morgan fingerprint density at radius 3 is 2.43 bits per heavy atom. The summed E-state index contributed by atoms with van der Waals surface area (Å²) < 4.78 is 14.1. The van der Waals surface area contributed by atoms with Crippen LogP contribution in [0.2, 0.25) is 10.0 Å². The number of nitrogens with zero attached hydrogens (tertiary/aromatic N) is 1. The molecule has 0 saturated heterocycles. The highest BCUT2D eigenvalue weighted by atomic mass is 35.5. The first-order valence-corrected chi connectivity index (χ1v) is 14.2. The van der Waals surface area contributed by atoms with Gasteiger partial charge in [-0.25, -0.2) is 4.39 Å². The van der Waals surface area contributed by atoms with E-state index in [1.165, 1.54) is 17.8 Å². The van der Waals surface area contributed by atoms with Crippen LogP contribution in [0.3, 0.4) is 0 Å². The number of amides is 2. The minimum Gasteiger partial charge on any atom is -0.354 e. The standard InChI is InChI=1S/C29H31Cl2FN2O2S/c1-2-3-15-33-29(36)27(16-21-9-5-4-6-10-21)34(18-22-13-14-24(30)17-25(22)31)28(35)20-37-19-23-11-7-8-12-26(23)32/h4-14,17,27H,2-3,15-16,18-20H2,1H3,(H,33,36)/t27-/m1/s1. The number of thioether (sulfide) groups is 1. The second kappa shape index (κ2) is 15.0. The van der Waals surface area contributed by atoms with E-state index >= 15 is 0 Å². The van der Waals surface area contributed by atoms with Crippen molar-refractivity contribution in [2.45, 2.75) is 44.5 Å². The number of hydrogen-bond donors (Lipinski definition) is 1. The third-order valence-corrected chi connectivity index (χ3v) is 7.45. The molecule has 3 aromatic carbocycles. The van der Waals surface area contributed by atoms with E-state index in [1.807, 2.05) is 30.3 Å². The lowest BCUT2D eigenvalue weighted by molar-refractivity contribution is -0.139. The van der Waals surface area contributed by atoms with Crippen LogP contribution in [0.15, 0.2) is 72.8 Å². The van der Waals surface area contributed by atoms with Gasteiger partial charge in [0.2, 0.25) is 11.8 Å². The maximum Gasteiger partial charge on any atom is 0.243 e. The summed E-state index contributed by atoms with van der Waals surface area (Å²) in [6, 6.07) is 20.5. The van der Waals surface area contributed by atoms with Crippen LogP contribution in [0, 0.1) is 5.82 Å². The monoisotopic (exact) mass is 560 g/mol. The van der Waals surface area contributed by atoms with Crippen molar-refractivity contribution in [3.8, 4) is 0 Å². The number of halogens is 3. The Labute approximate surface area is 232 Å². The lowest BCUT2D eigenvalue weighted by atomic mass is 10.0. The third-order valence-electron chi connectivity index (χ3n) is 5.90. The summed E-state index contributed by atoms with van der Waals surface area (Å²) in [6.07, 6.45) is 2.15. The number of benzene rings is 3. The molecular formula is C29H31Cl2FN2O2S. The van der Waals surface area contributed by atoms with Crippen molar-refractivity contribution >= 4 is 46.8 Å². The highest BCUT2D eigenvalue weighted by Gasteiger charge is 2.30. The van der Waals surface area contributed by atoms with E-state index in [0.717, 1.165) is 18.4 Å². The molecule has 196 valence electrons. The van der Waals surface area contributed by atoms with Gasteiger partial charge in [-0.15, -0.1) is 11.8 Å².